The zero-order chi connectivity index (χ0) is 18.5. The van der Waals surface area contributed by atoms with Gasteiger partial charge in [0.1, 0.15) is 17.2 Å². The Balaban J connectivity index is 1.63. The number of anilines is 1. The number of nitrogens with zero attached hydrogens (tertiary/aromatic N) is 2. The van der Waals surface area contributed by atoms with Crippen molar-refractivity contribution < 1.29 is 18.5 Å². The SMILES string of the molecule is CCc1coc(CNC2=NS(=O)N=C2CNc2cccc(C=O)c2O)c1. The van der Waals surface area contributed by atoms with Gasteiger partial charge in [-0.1, -0.05) is 13.0 Å². The van der Waals surface area contributed by atoms with Crippen molar-refractivity contribution in [1.82, 2.24) is 5.32 Å². The summed E-state index contributed by atoms with van der Waals surface area (Å²) >= 11 is -1.68. The van der Waals surface area contributed by atoms with Gasteiger partial charge < -0.3 is 20.2 Å². The van der Waals surface area contributed by atoms with Crippen molar-refractivity contribution in [1.29, 1.82) is 0 Å². The molecule has 1 unspecified atom stereocenters. The van der Waals surface area contributed by atoms with Gasteiger partial charge in [-0.25, -0.2) is 4.21 Å². The Kier molecular flexibility index (Phi) is 5.47. The van der Waals surface area contributed by atoms with Crippen LogP contribution >= 0.6 is 0 Å². The van der Waals surface area contributed by atoms with Gasteiger partial charge in [-0.3, -0.25) is 4.79 Å². The highest BCUT2D eigenvalue weighted by molar-refractivity contribution is 7.83. The summed E-state index contributed by atoms with van der Waals surface area (Å²) in [6, 6.07) is 6.74. The number of furan rings is 1. The monoisotopic (exact) mass is 374 g/mol. The Labute approximate surface area is 152 Å². The molecule has 3 N–H and O–H groups in total. The van der Waals surface area contributed by atoms with E-state index in [1.807, 2.05) is 13.0 Å². The number of phenolic OH excluding ortho intramolecular Hbond substituents is 1. The maximum atomic E-state index is 11.7. The molecule has 0 radical (unpaired) electrons. The van der Waals surface area contributed by atoms with Gasteiger partial charge in [0, 0.05) is 0 Å². The topological polar surface area (TPSA) is 116 Å². The Morgan fingerprint density at radius 1 is 1.27 bits per heavy atom. The van der Waals surface area contributed by atoms with Gasteiger partial charge in [0.15, 0.2) is 12.1 Å². The van der Waals surface area contributed by atoms with E-state index in [2.05, 4.69) is 19.4 Å². The van der Waals surface area contributed by atoms with Crippen molar-refractivity contribution in [2.75, 3.05) is 11.9 Å². The van der Waals surface area contributed by atoms with Crippen molar-refractivity contribution in [3.63, 3.8) is 0 Å². The predicted molar refractivity (Wildman–Crippen MR) is 99.9 cm³/mol. The average molecular weight is 374 g/mol. The number of aldehydes is 1. The van der Waals surface area contributed by atoms with Gasteiger partial charge in [-0.05, 0) is 30.2 Å². The number of hydrogen-bond donors (Lipinski definition) is 3. The first-order valence-electron chi connectivity index (χ1n) is 8.00. The lowest BCUT2D eigenvalue weighted by Crippen LogP contribution is -2.33. The van der Waals surface area contributed by atoms with E-state index in [1.165, 1.54) is 6.07 Å². The van der Waals surface area contributed by atoms with Crippen LogP contribution in [-0.4, -0.2) is 33.7 Å². The molecule has 1 aromatic carbocycles. The largest absolute Gasteiger partial charge is 0.505 e. The second-order valence-electron chi connectivity index (χ2n) is 5.55. The van der Waals surface area contributed by atoms with Crippen LogP contribution in [0.25, 0.3) is 0 Å². The number of carbonyl (C=O) groups is 1. The summed E-state index contributed by atoms with van der Waals surface area (Å²) in [5.41, 5.74) is 2.12. The number of hydrogen-bond acceptors (Lipinski definition) is 6. The van der Waals surface area contributed by atoms with E-state index >= 15 is 0 Å². The van der Waals surface area contributed by atoms with Crippen LogP contribution in [0.4, 0.5) is 5.69 Å². The van der Waals surface area contributed by atoms with Crippen LogP contribution in [0.2, 0.25) is 0 Å². The first-order valence-corrected chi connectivity index (χ1v) is 9.07. The number of nitrogens with one attached hydrogen (secondary N) is 2. The van der Waals surface area contributed by atoms with E-state index in [0.29, 0.717) is 30.1 Å². The Morgan fingerprint density at radius 2 is 2.12 bits per heavy atom. The molecule has 0 fully saturated rings. The molecule has 2 aromatic rings. The molecule has 1 aromatic heterocycles. The number of amidine groups is 1. The first-order chi connectivity index (χ1) is 12.6. The maximum Gasteiger partial charge on any atom is 0.268 e. The summed E-state index contributed by atoms with van der Waals surface area (Å²) < 4.78 is 25.0. The van der Waals surface area contributed by atoms with Crippen molar-refractivity contribution in [2.45, 2.75) is 19.9 Å². The summed E-state index contributed by atoms with van der Waals surface area (Å²) in [5, 5.41) is 16.0. The molecular formula is C17H18N4O4S. The first kappa shape index (κ1) is 17.9. The third-order valence-corrected chi connectivity index (χ3v) is 4.53. The summed E-state index contributed by atoms with van der Waals surface area (Å²) in [4.78, 5) is 10.9. The molecule has 1 atom stereocenters. The molecule has 0 bridgehead atoms. The van der Waals surface area contributed by atoms with Crippen LogP contribution in [0, 0.1) is 0 Å². The fourth-order valence-corrected chi connectivity index (χ4v) is 3.10. The quantitative estimate of drug-likeness (QED) is 0.504. The molecule has 8 nitrogen and oxygen atoms in total. The number of benzene rings is 1. The Bertz CT molecular complexity index is 904. The second-order valence-corrected chi connectivity index (χ2v) is 6.38. The summed E-state index contributed by atoms with van der Waals surface area (Å²) in [6.07, 6.45) is 3.16. The second kappa shape index (κ2) is 7.96. The van der Waals surface area contributed by atoms with Gasteiger partial charge in [0.05, 0.1) is 30.6 Å². The molecule has 9 heteroatoms. The maximum absolute atomic E-state index is 11.7. The van der Waals surface area contributed by atoms with Gasteiger partial charge in [-0.15, -0.1) is 4.40 Å². The normalized spacial score (nSPS) is 16.1. The minimum atomic E-state index is -1.68. The van der Waals surface area contributed by atoms with Crippen LogP contribution in [0.15, 0.2) is 43.7 Å². The minimum absolute atomic E-state index is 0.142. The summed E-state index contributed by atoms with van der Waals surface area (Å²) in [5.74, 6) is 0.999. The molecule has 3 rings (SSSR count). The Hall–Kier alpha value is -2.94. The van der Waals surface area contributed by atoms with Crippen molar-refractivity contribution in [2.24, 2.45) is 8.80 Å². The number of phenols is 1. The lowest BCUT2D eigenvalue weighted by Gasteiger charge is -2.11. The average Bonchev–Trinajstić information content (AvgIpc) is 3.25. The van der Waals surface area contributed by atoms with Gasteiger partial charge in [-0.2, -0.15) is 4.40 Å². The Morgan fingerprint density at radius 3 is 2.85 bits per heavy atom. The molecule has 0 spiro atoms. The minimum Gasteiger partial charge on any atom is -0.505 e. The van der Waals surface area contributed by atoms with Crippen LogP contribution in [0.1, 0.15) is 28.6 Å². The van der Waals surface area contributed by atoms with Crippen LogP contribution in [0.5, 0.6) is 5.75 Å². The zero-order valence-electron chi connectivity index (χ0n) is 14.1. The van der Waals surface area contributed by atoms with Gasteiger partial charge >= 0.3 is 0 Å². The van der Waals surface area contributed by atoms with Crippen LogP contribution in [0.3, 0.4) is 0 Å². The molecular weight excluding hydrogens is 356 g/mol. The number of carbonyl (C=O) groups excluding carboxylic acids is 1. The summed E-state index contributed by atoms with van der Waals surface area (Å²) in [6.45, 7) is 2.62. The molecule has 1 aliphatic heterocycles. The standard InChI is InChI=1S/C17H18N4O4S/c1-2-11-6-13(25-10-11)7-19-17-15(20-26(24)21-17)8-18-14-5-3-4-12(9-22)16(14)23/h3-6,9-10,18,23H,2,7-8H2,1H3,(H,19,21). The number of aromatic hydroxyl groups is 1. The van der Waals surface area contributed by atoms with E-state index < -0.39 is 11.2 Å². The van der Waals surface area contributed by atoms with E-state index in [-0.39, 0.29) is 17.9 Å². The van der Waals surface area contributed by atoms with E-state index in [1.54, 1.807) is 18.4 Å². The number of para-hydroxylation sites is 1. The van der Waals surface area contributed by atoms with Crippen LogP contribution in [-0.2, 0) is 24.1 Å². The molecule has 0 amide bonds. The highest BCUT2D eigenvalue weighted by Gasteiger charge is 2.19. The van der Waals surface area contributed by atoms with E-state index in [0.717, 1.165) is 17.7 Å². The van der Waals surface area contributed by atoms with Crippen molar-refractivity contribution in [3.05, 3.63) is 47.4 Å². The molecule has 0 aliphatic carbocycles. The molecule has 2 heterocycles. The highest BCUT2D eigenvalue weighted by atomic mass is 32.2. The number of rotatable bonds is 7. The predicted octanol–water partition coefficient (Wildman–Crippen LogP) is 1.99. The van der Waals surface area contributed by atoms with Crippen molar-refractivity contribution in [3.8, 4) is 5.75 Å². The van der Waals surface area contributed by atoms with Crippen LogP contribution < -0.4 is 10.6 Å². The molecule has 26 heavy (non-hydrogen) atoms. The molecule has 1 aliphatic rings. The molecule has 0 saturated heterocycles. The smallest absolute Gasteiger partial charge is 0.268 e. The third kappa shape index (κ3) is 3.99. The van der Waals surface area contributed by atoms with E-state index in [9.17, 15) is 14.1 Å². The van der Waals surface area contributed by atoms with Crippen molar-refractivity contribution >= 4 is 34.7 Å². The lowest BCUT2D eigenvalue weighted by molar-refractivity contribution is 0.112. The molecule has 136 valence electrons. The van der Waals surface area contributed by atoms with Gasteiger partial charge in [0.25, 0.3) is 11.2 Å². The fraction of sp³-hybridized carbons (Fsp3) is 0.235. The third-order valence-electron chi connectivity index (χ3n) is 3.82. The zero-order valence-corrected chi connectivity index (χ0v) is 14.9. The number of aryl methyl sites for hydroxylation is 1. The highest BCUT2D eigenvalue weighted by Crippen LogP contribution is 2.26. The molecule has 0 saturated carbocycles. The van der Waals surface area contributed by atoms with Gasteiger partial charge in [0.2, 0.25) is 0 Å². The fourth-order valence-electron chi connectivity index (χ4n) is 2.39. The van der Waals surface area contributed by atoms with E-state index in [4.69, 9.17) is 4.42 Å². The lowest BCUT2D eigenvalue weighted by atomic mass is 10.2. The summed E-state index contributed by atoms with van der Waals surface area (Å²) in [7, 11) is 0.